The van der Waals surface area contributed by atoms with Gasteiger partial charge in [-0.15, -0.1) is 0 Å². The van der Waals surface area contributed by atoms with Gasteiger partial charge in [-0.05, 0) is 18.2 Å². The lowest BCUT2D eigenvalue weighted by Gasteiger charge is -2.14. The molecule has 24 heavy (non-hydrogen) atoms. The van der Waals surface area contributed by atoms with E-state index in [-0.39, 0.29) is 18.1 Å². The molecule has 0 saturated carbocycles. The molecule has 0 unspecified atom stereocenters. The molecule has 128 valence electrons. The summed E-state index contributed by atoms with van der Waals surface area (Å²) in [5.41, 5.74) is 0.635. The first-order chi connectivity index (χ1) is 11.4. The predicted octanol–water partition coefficient (Wildman–Crippen LogP) is 4.31. The predicted molar refractivity (Wildman–Crippen MR) is 95.8 cm³/mol. The molecule has 0 aliphatic carbocycles. The molecule has 0 aliphatic heterocycles. The van der Waals surface area contributed by atoms with Crippen LogP contribution in [0.5, 0.6) is 11.5 Å². The third-order valence-corrected chi connectivity index (χ3v) is 3.91. The van der Waals surface area contributed by atoms with Crippen LogP contribution < -0.4 is 20.1 Å². The fourth-order valence-electron chi connectivity index (χ4n) is 1.96. The first-order valence-corrected chi connectivity index (χ1v) is 8.02. The van der Waals surface area contributed by atoms with Gasteiger partial charge in [0.1, 0.15) is 17.3 Å². The highest BCUT2D eigenvalue weighted by Gasteiger charge is 2.13. The minimum absolute atomic E-state index is 0.118. The summed E-state index contributed by atoms with van der Waals surface area (Å²) in [6.45, 7) is -0.118. The van der Waals surface area contributed by atoms with Crippen molar-refractivity contribution in [3.05, 3.63) is 45.6 Å². The Morgan fingerprint density at radius 2 is 1.88 bits per heavy atom. The van der Waals surface area contributed by atoms with Gasteiger partial charge >= 0.3 is 0 Å². The molecular weight excluding hydrogens is 403 g/mol. The number of ether oxygens (including phenoxy) is 2. The zero-order valence-corrected chi connectivity index (χ0v) is 15.3. The molecule has 0 aliphatic rings. The molecule has 2 aromatic carbocycles. The molecule has 0 bridgehead atoms. The molecule has 0 fully saturated rings. The van der Waals surface area contributed by atoms with E-state index in [9.17, 15) is 9.18 Å². The van der Waals surface area contributed by atoms with Gasteiger partial charge in [-0.1, -0.05) is 27.5 Å². The first kappa shape index (κ1) is 18.4. The van der Waals surface area contributed by atoms with Crippen molar-refractivity contribution < 1.29 is 18.7 Å². The van der Waals surface area contributed by atoms with Crippen molar-refractivity contribution in [3.8, 4) is 11.5 Å². The smallest absolute Gasteiger partial charge is 0.243 e. The second-order valence-corrected chi connectivity index (χ2v) is 6.04. The Morgan fingerprint density at radius 3 is 2.50 bits per heavy atom. The van der Waals surface area contributed by atoms with E-state index in [2.05, 4.69) is 26.6 Å². The van der Waals surface area contributed by atoms with Crippen molar-refractivity contribution in [2.45, 2.75) is 0 Å². The van der Waals surface area contributed by atoms with Crippen LogP contribution in [-0.4, -0.2) is 26.7 Å². The molecule has 0 spiro atoms. The summed E-state index contributed by atoms with van der Waals surface area (Å²) < 4.78 is 24.6. The van der Waals surface area contributed by atoms with Crippen LogP contribution in [0.3, 0.4) is 0 Å². The number of carbonyl (C=O) groups excluding carboxylic acids is 1. The van der Waals surface area contributed by atoms with Gasteiger partial charge in [0, 0.05) is 16.6 Å². The largest absolute Gasteiger partial charge is 0.495 e. The number of benzene rings is 2. The van der Waals surface area contributed by atoms with Crippen LogP contribution in [0.25, 0.3) is 0 Å². The van der Waals surface area contributed by atoms with Crippen molar-refractivity contribution in [2.24, 2.45) is 0 Å². The maximum atomic E-state index is 13.7. The van der Waals surface area contributed by atoms with E-state index in [4.69, 9.17) is 21.1 Å². The monoisotopic (exact) mass is 416 g/mol. The highest BCUT2D eigenvalue weighted by molar-refractivity contribution is 9.10. The Bertz CT molecular complexity index is 758. The number of carbonyl (C=O) groups is 1. The lowest BCUT2D eigenvalue weighted by atomic mass is 10.2. The lowest BCUT2D eigenvalue weighted by Crippen LogP contribution is -2.22. The van der Waals surface area contributed by atoms with Crippen LogP contribution in [0.2, 0.25) is 5.02 Å². The first-order valence-electron chi connectivity index (χ1n) is 6.85. The third kappa shape index (κ3) is 4.52. The van der Waals surface area contributed by atoms with E-state index in [0.29, 0.717) is 26.7 Å². The van der Waals surface area contributed by atoms with Crippen LogP contribution in [0, 0.1) is 5.82 Å². The zero-order chi connectivity index (χ0) is 17.7. The molecule has 0 saturated heterocycles. The number of rotatable bonds is 6. The van der Waals surface area contributed by atoms with Crippen molar-refractivity contribution in [3.63, 3.8) is 0 Å². The quantitative estimate of drug-likeness (QED) is 0.735. The Balaban J connectivity index is 2.06. The van der Waals surface area contributed by atoms with Crippen molar-refractivity contribution in [1.82, 2.24) is 0 Å². The maximum Gasteiger partial charge on any atom is 0.243 e. The molecule has 2 rings (SSSR count). The van der Waals surface area contributed by atoms with E-state index in [1.807, 2.05) is 0 Å². The molecule has 5 nitrogen and oxygen atoms in total. The molecule has 0 radical (unpaired) electrons. The summed E-state index contributed by atoms with van der Waals surface area (Å²) in [5.74, 6) is -0.0356. The number of methoxy groups -OCH3 is 2. The van der Waals surface area contributed by atoms with Crippen LogP contribution in [-0.2, 0) is 4.79 Å². The third-order valence-electron chi connectivity index (χ3n) is 3.12. The summed E-state index contributed by atoms with van der Waals surface area (Å²) in [4.78, 5) is 12.1. The van der Waals surface area contributed by atoms with Crippen LogP contribution in [0.4, 0.5) is 15.8 Å². The number of anilines is 2. The van der Waals surface area contributed by atoms with Crippen molar-refractivity contribution in [1.29, 1.82) is 0 Å². The fraction of sp³-hybridized carbons (Fsp3) is 0.188. The molecule has 0 atom stereocenters. The number of hydrogen-bond acceptors (Lipinski definition) is 4. The SMILES string of the molecule is COc1cc(NC(=O)CNc2ccc(Br)cc2F)c(OC)cc1Cl. The number of amides is 1. The molecule has 0 heterocycles. The normalized spacial score (nSPS) is 10.2. The molecular formula is C16H15BrClFN2O3. The molecule has 2 aromatic rings. The van der Waals surface area contributed by atoms with Gasteiger partial charge in [-0.3, -0.25) is 4.79 Å². The number of nitrogens with one attached hydrogen (secondary N) is 2. The Hall–Kier alpha value is -1.99. The van der Waals surface area contributed by atoms with E-state index >= 15 is 0 Å². The van der Waals surface area contributed by atoms with Crippen LogP contribution >= 0.6 is 27.5 Å². The summed E-state index contributed by atoms with van der Waals surface area (Å²) in [5, 5.41) is 5.76. The van der Waals surface area contributed by atoms with Gasteiger partial charge < -0.3 is 20.1 Å². The number of hydrogen-bond donors (Lipinski definition) is 2. The lowest BCUT2D eigenvalue weighted by molar-refractivity contribution is -0.114. The summed E-state index contributed by atoms with van der Waals surface area (Å²) in [7, 11) is 2.93. The van der Waals surface area contributed by atoms with Gasteiger partial charge in [-0.25, -0.2) is 4.39 Å². The second-order valence-electron chi connectivity index (χ2n) is 4.71. The van der Waals surface area contributed by atoms with E-state index in [1.54, 1.807) is 18.2 Å². The van der Waals surface area contributed by atoms with Gasteiger partial charge in [0.2, 0.25) is 5.91 Å². The topological polar surface area (TPSA) is 59.6 Å². The Labute approximate surface area is 152 Å². The average molecular weight is 418 g/mol. The molecule has 1 amide bonds. The Morgan fingerprint density at radius 1 is 1.17 bits per heavy atom. The highest BCUT2D eigenvalue weighted by atomic mass is 79.9. The van der Waals surface area contributed by atoms with Gasteiger partial charge in [-0.2, -0.15) is 0 Å². The second kappa shape index (κ2) is 8.21. The van der Waals surface area contributed by atoms with Gasteiger partial charge in [0.15, 0.2) is 0 Å². The summed E-state index contributed by atoms with van der Waals surface area (Å²) >= 11 is 9.18. The van der Waals surface area contributed by atoms with Crippen molar-refractivity contribution >= 4 is 44.8 Å². The van der Waals surface area contributed by atoms with Crippen molar-refractivity contribution in [2.75, 3.05) is 31.4 Å². The summed E-state index contributed by atoms with van der Waals surface area (Å²) in [6, 6.07) is 7.62. The maximum absolute atomic E-state index is 13.7. The average Bonchev–Trinajstić information content (AvgIpc) is 2.55. The minimum Gasteiger partial charge on any atom is -0.495 e. The molecule has 2 N–H and O–H groups in total. The molecule has 0 aromatic heterocycles. The highest BCUT2D eigenvalue weighted by Crippen LogP contribution is 2.35. The minimum atomic E-state index is -0.456. The van der Waals surface area contributed by atoms with Gasteiger partial charge in [0.05, 0.1) is 37.2 Å². The van der Waals surface area contributed by atoms with Crippen LogP contribution in [0.15, 0.2) is 34.8 Å². The summed E-state index contributed by atoms with van der Waals surface area (Å²) in [6.07, 6.45) is 0. The zero-order valence-electron chi connectivity index (χ0n) is 13.0. The standard InChI is InChI=1S/C16H15BrClFN2O3/c1-23-14-7-13(15(24-2)6-10(14)18)21-16(22)8-20-12-4-3-9(17)5-11(12)19/h3-7,20H,8H2,1-2H3,(H,21,22). The van der Waals surface area contributed by atoms with E-state index in [0.717, 1.165) is 0 Å². The van der Waals surface area contributed by atoms with E-state index < -0.39 is 5.82 Å². The Kier molecular flexibility index (Phi) is 6.28. The molecule has 8 heteroatoms. The number of halogens is 3. The fourth-order valence-corrected chi connectivity index (χ4v) is 2.52. The van der Waals surface area contributed by atoms with Gasteiger partial charge in [0.25, 0.3) is 0 Å². The van der Waals surface area contributed by atoms with E-state index in [1.165, 1.54) is 26.4 Å². The van der Waals surface area contributed by atoms with Crippen LogP contribution in [0.1, 0.15) is 0 Å².